The van der Waals surface area contributed by atoms with Crippen LogP contribution in [0.5, 0.6) is 0 Å². The van der Waals surface area contributed by atoms with Crippen molar-refractivity contribution in [2.75, 3.05) is 0 Å². The molecule has 0 aliphatic heterocycles. The Kier molecular flexibility index (Phi) is 2.60. The third-order valence-electron chi connectivity index (χ3n) is 3.54. The minimum absolute atomic E-state index is 0.710. The van der Waals surface area contributed by atoms with Gasteiger partial charge in [-0.15, -0.1) is 16.4 Å². The molecule has 0 spiro atoms. The number of hydrogen-bond acceptors (Lipinski definition) is 3. The van der Waals surface area contributed by atoms with E-state index in [1.54, 1.807) is 11.3 Å². The van der Waals surface area contributed by atoms with Gasteiger partial charge in [-0.3, -0.25) is 0 Å². The van der Waals surface area contributed by atoms with E-state index in [1.165, 1.54) is 17.7 Å². The van der Waals surface area contributed by atoms with Gasteiger partial charge >= 0.3 is 0 Å². The Morgan fingerprint density at radius 1 is 1.32 bits per heavy atom. The second-order valence-corrected chi connectivity index (χ2v) is 6.31. The maximum Gasteiger partial charge on any atom is 0.132 e. The lowest BCUT2D eigenvalue weighted by molar-refractivity contribution is 0.559. The van der Waals surface area contributed by atoms with Crippen LogP contribution in [0.3, 0.4) is 0 Å². The normalized spacial score (nSPS) is 15.2. The van der Waals surface area contributed by atoms with Crippen LogP contribution >= 0.6 is 22.9 Å². The molecule has 4 rings (SSSR count). The molecule has 96 valence electrons. The SMILES string of the molecule is Clc1c(-c2cccs2)ccc2c1nnn2CC1CC1. The summed E-state index contributed by atoms with van der Waals surface area (Å²) < 4.78 is 1.98. The molecule has 0 amide bonds. The van der Waals surface area contributed by atoms with E-state index in [2.05, 4.69) is 33.9 Å². The monoisotopic (exact) mass is 289 g/mol. The molecule has 0 bridgehead atoms. The van der Waals surface area contributed by atoms with E-state index in [4.69, 9.17) is 11.6 Å². The van der Waals surface area contributed by atoms with Gasteiger partial charge in [-0.25, -0.2) is 4.68 Å². The molecule has 1 aromatic carbocycles. The molecule has 0 unspecified atom stereocenters. The molecule has 3 nitrogen and oxygen atoms in total. The van der Waals surface area contributed by atoms with Crippen LogP contribution in [0.1, 0.15) is 12.8 Å². The Labute approximate surface area is 119 Å². The van der Waals surface area contributed by atoms with E-state index in [9.17, 15) is 0 Å². The summed E-state index contributed by atoms with van der Waals surface area (Å²) >= 11 is 8.18. The molecule has 0 atom stereocenters. The number of rotatable bonds is 3. The van der Waals surface area contributed by atoms with Gasteiger partial charge in [-0.05, 0) is 42.3 Å². The molecule has 0 saturated heterocycles. The van der Waals surface area contributed by atoms with Crippen molar-refractivity contribution in [2.24, 2.45) is 5.92 Å². The van der Waals surface area contributed by atoms with Gasteiger partial charge in [0.2, 0.25) is 0 Å². The standard InChI is InChI=1S/C14H12ClN3S/c15-13-10(12-2-1-7-19-12)5-6-11-14(13)16-17-18(11)8-9-3-4-9/h1-2,5-7,9H,3-4,8H2. The van der Waals surface area contributed by atoms with Crippen LogP contribution < -0.4 is 0 Å². The molecule has 0 radical (unpaired) electrons. The van der Waals surface area contributed by atoms with Crippen molar-refractivity contribution in [3.05, 3.63) is 34.7 Å². The number of thiophene rings is 1. The Morgan fingerprint density at radius 2 is 2.21 bits per heavy atom. The first-order chi connectivity index (χ1) is 9.33. The van der Waals surface area contributed by atoms with Gasteiger partial charge in [0.15, 0.2) is 0 Å². The molecule has 0 N–H and O–H groups in total. The Morgan fingerprint density at radius 3 is 2.95 bits per heavy atom. The molecule has 2 heterocycles. The van der Waals surface area contributed by atoms with Crippen LogP contribution in [0.25, 0.3) is 21.5 Å². The van der Waals surface area contributed by atoms with Crippen LogP contribution in [-0.2, 0) is 6.54 Å². The van der Waals surface area contributed by atoms with Gasteiger partial charge in [0.1, 0.15) is 5.52 Å². The Balaban J connectivity index is 1.84. The zero-order valence-corrected chi connectivity index (χ0v) is 11.8. The smallest absolute Gasteiger partial charge is 0.132 e. The second kappa shape index (κ2) is 4.32. The summed E-state index contributed by atoms with van der Waals surface area (Å²) in [7, 11) is 0. The molecular formula is C14H12ClN3S. The highest BCUT2D eigenvalue weighted by Crippen LogP contribution is 2.36. The summed E-state index contributed by atoms with van der Waals surface area (Å²) in [4.78, 5) is 1.17. The van der Waals surface area contributed by atoms with Crippen LogP contribution in [-0.4, -0.2) is 15.0 Å². The lowest BCUT2D eigenvalue weighted by atomic mass is 10.1. The van der Waals surface area contributed by atoms with Crippen molar-refractivity contribution < 1.29 is 0 Å². The minimum atomic E-state index is 0.710. The summed E-state index contributed by atoms with van der Waals surface area (Å²) in [5, 5.41) is 11.3. The predicted molar refractivity (Wildman–Crippen MR) is 78.6 cm³/mol. The maximum atomic E-state index is 6.49. The number of hydrogen-bond donors (Lipinski definition) is 0. The third kappa shape index (κ3) is 1.95. The zero-order chi connectivity index (χ0) is 12.8. The third-order valence-corrected chi connectivity index (χ3v) is 4.83. The Hall–Kier alpha value is -1.39. The summed E-state index contributed by atoms with van der Waals surface area (Å²) in [5.74, 6) is 0.778. The average molecular weight is 290 g/mol. The molecule has 1 fully saturated rings. The van der Waals surface area contributed by atoms with Crippen LogP contribution in [0.2, 0.25) is 5.02 Å². The van der Waals surface area contributed by atoms with Crippen molar-refractivity contribution >= 4 is 34.0 Å². The molecule has 2 aromatic heterocycles. The fourth-order valence-electron chi connectivity index (χ4n) is 2.31. The zero-order valence-electron chi connectivity index (χ0n) is 10.2. The molecule has 3 aromatic rings. The predicted octanol–water partition coefficient (Wildman–Crippen LogP) is 4.22. The number of benzene rings is 1. The van der Waals surface area contributed by atoms with Gasteiger partial charge in [-0.2, -0.15) is 0 Å². The summed E-state index contributed by atoms with van der Waals surface area (Å²) in [6.07, 6.45) is 2.62. The van der Waals surface area contributed by atoms with E-state index in [-0.39, 0.29) is 0 Å². The van der Waals surface area contributed by atoms with Crippen molar-refractivity contribution in [1.82, 2.24) is 15.0 Å². The van der Waals surface area contributed by atoms with E-state index in [0.717, 1.165) is 29.1 Å². The highest BCUT2D eigenvalue weighted by molar-refractivity contribution is 7.13. The van der Waals surface area contributed by atoms with Gasteiger partial charge in [0.05, 0.1) is 10.5 Å². The van der Waals surface area contributed by atoms with Crippen LogP contribution in [0.15, 0.2) is 29.6 Å². The van der Waals surface area contributed by atoms with Crippen molar-refractivity contribution in [1.29, 1.82) is 0 Å². The fraction of sp³-hybridized carbons (Fsp3) is 0.286. The molecule has 19 heavy (non-hydrogen) atoms. The van der Waals surface area contributed by atoms with Gasteiger partial charge < -0.3 is 0 Å². The summed E-state index contributed by atoms with van der Waals surface area (Å²) in [6.45, 7) is 0.963. The first-order valence-corrected chi connectivity index (χ1v) is 7.64. The number of aromatic nitrogens is 3. The topological polar surface area (TPSA) is 30.7 Å². The molecular weight excluding hydrogens is 278 g/mol. The molecule has 1 saturated carbocycles. The highest BCUT2D eigenvalue weighted by Gasteiger charge is 2.23. The quantitative estimate of drug-likeness (QED) is 0.722. The van der Waals surface area contributed by atoms with E-state index < -0.39 is 0 Å². The van der Waals surface area contributed by atoms with Gasteiger partial charge in [0, 0.05) is 17.0 Å². The highest BCUT2D eigenvalue weighted by atomic mass is 35.5. The minimum Gasteiger partial charge on any atom is -0.244 e. The van der Waals surface area contributed by atoms with Crippen LogP contribution in [0.4, 0.5) is 0 Å². The lowest BCUT2D eigenvalue weighted by Gasteiger charge is -2.03. The van der Waals surface area contributed by atoms with Crippen LogP contribution in [0, 0.1) is 5.92 Å². The largest absolute Gasteiger partial charge is 0.244 e. The van der Waals surface area contributed by atoms with Gasteiger partial charge in [-0.1, -0.05) is 22.9 Å². The first-order valence-electron chi connectivity index (χ1n) is 6.38. The first kappa shape index (κ1) is 11.4. The van der Waals surface area contributed by atoms with E-state index in [0.29, 0.717) is 5.02 Å². The van der Waals surface area contributed by atoms with E-state index >= 15 is 0 Å². The molecule has 1 aliphatic carbocycles. The molecule has 1 aliphatic rings. The summed E-state index contributed by atoms with van der Waals surface area (Å²) in [6, 6.07) is 8.26. The van der Waals surface area contributed by atoms with Crippen molar-refractivity contribution in [2.45, 2.75) is 19.4 Å². The Bertz CT molecular complexity index is 729. The lowest BCUT2D eigenvalue weighted by Crippen LogP contribution is -2.01. The van der Waals surface area contributed by atoms with E-state index in [1.807, 2.05) is 10.7 Å². The maximum absolute atomic E-state index is 6.49. The fourth-order valence-corrected chi connectivity index (χ4v) is 3.42. The number of nitrogens with zero attached hydrogens (tertiary/aromatic N) is 3. The average Bonchev–Trinajstić information content (AvgIpc) is 2.91. The second-order valence-electron chi connectivity index (χ2n) is 4.99. The van der Waals surface area contributed by atoms with Gasteiger partial charge in [0.25, 0.3) is 0 Å². The molecule has 5 heteroatoms. The van der Waals surface area contributed by atoms with Crippen molar-refractivity contribution in [3.8, 4) is 10.4 Å². The number of fused-ring (bicyclic) bond motifs is 1. The summed E-state index contributed by atoms with van der Waals surface area (Å²) in [5.41, 5.74) is 2.90. The number of halogens is 1. The van der Waals surface area contributed by atoms with Crippen molar-refractivity contribution in [3.63, 3.8) is 0 Å².